The van der Waals surface area contributed by atoms with Gasteiger partial charge in [0.05, 0.1) is 0 Å². The Morgan fingerprint density at radius 2 is 2.25 bits per heavy atom. The summed E-state index contributed by atoms with van der Waals surface area (Å²) in [5, 5.41) is 1.27. The Morgan fingerprint density at radius 1 is 1.44 bits per heavy atom. The van der Waals surface area contributed by atoms with Crippen molar-refractivity contribution in [3.8, 4) is 0 Å². The number of nitrogens with two attached hydrogens (primary N) is 1. The molecule has 0 bridgehead atoms. The maximum absolute atomic E-state index is 5.65. The lowest BCUT2D eigenvalue weighted by Crippen LogP contribution is -1.94. The predicted molar refractivity (Wildman–Crippen MR) is 74.5 cm³/mol. The third-order valence-corrected chi connectivity index (χ3v) is 3.71. The van der Waals surface area contributed by atoms with Crippen LogP contribution < -0.4 is 5.73 Å². The van der Waals surface area contributed by atoms with Crippen molar-refractivity contribution >= 4 is 33.6 Å². The summed E-state index contributed by atoms with van der Waals surface area (Å²) in [5.74, 6) is 0. The van der Waals surface area contributed by atoms with E-state index >= 15 is 0 Å². The number of benzene rings is 1. The summed E-state index contributed by atoms with van der Waals surface area (Å²) in [6.07, 6.45) is 6.11. The number of allylic oxidation sites excluding steroid dienone is 1. The van der Waals surface area contributed by atoms with Gasteiger partial charge in [-0.25, -0.2) is 0 Å². The molecule has 16 heavy (non-hydrogen) atoms. The molecule has 0 amide bonds. The fourth-order valence-electron chi connectivity index (χ4n) is 1.79. The zero-order chi connectivity index (χ0) is 11.5. The van der Waals surface area contributed by atoms with Crippen molar-refractivity contribution in [3.05, 3.63) is 46.9 Å². The number of thiophene rings is 1. The van der Waals surface area contributed by atoms with Crippen LogP contribution in [-0.2, 0) is 6.54 Å². The zero-order valence-corrected chi connectivity index (χ0v) is 10.2. The highest BCUT2D eigenvalue weighted by atomic mass is 32.1. The van der Waals surface area contributed by atoms with E-state index in [0.717, 1.165) is 0 Å². The highest BCUT2D eigenvalue weighted by Gasteiger charge is 2.07. The minimum atomic E-state index is 0.593. The lowest BCUT2D eigenvalue weighted by atomic mass is 10.1. The molecule has 0 atom stereocenters. The lowest BCUT2D eigenvalue weighted by Gasteiger charge is -1.96. The maximum atomic E-state index is 5.65. The van der Waals surface area contributed by atoms with E-state index in [2.05, 4.69) is 36.9 Å². The summed E-state index contributed by atoms with van der Waals surface area (Å²) in [5.41, 5.74) is 8.05. The van der Waals surface area contributed by atoms with Crippen molar-refractivity contribution in [1.82, 2.24) is 0 Å². The third kappa shape index (κ3) is 1.82. The second-order valence-corrected chi connectivity index (χ2v) is 4.70. The van der Waals surface area contributed by atoms with E-state index in [1.807, 2.05) is 13.0 Å². The smallest absolute Gasteiger partial charge is 0.0358 e. The molecular weight excluding hydrogens is 214 g/mol. The highest BCUT2D eigenvalue weighted by Crippen LogP contribution is 2.33. The topological polar surface area (TPSA) is 26.0 Å². The van der Waals surface area contributed by atoms with Crippen LogP contribution in [0.5, 0.6) is 0 Å². The second kappa shape index (κ2) is 4.64. The Balaban J connectivity index is 2.70. The van der Waals surface area contributed by atoms with Crippen LogP contribution in [0.3, 0.4) is 0 Å². The molecule has 2 rings (SSSR count). The summed E-state index contributed by atoms with van der Waals surface area (Å²) in [6.45, 7) is 6.51. The number of fused-ring (bicyclic) bond motifs is 1. The second-order valence-electron chi connectivity index (χ2n) is 3.62. The molecule has 0 saturated carbocycles. The van der Waals surface area contributed by atoms with Gasteiger partial charge in [-0.3, -0.25) is 0 Å². The molecule has 0 unspecified atom stereocenters. The van der Waals surface area contributed by atoms with Gasteiger partial charge in [-0.15, -0.1) is 11.3 Å². The van der Waals surface area contributed by atoms with Crippen LogP contribution >= 0.6 is 11.3 Å². The van der Waals surface area contributed by atoms with Gasteiger partial charge in [0.15, 0.2) is 0 Å². The summed E-state index contributed by atoms with van der Waals surface area (Å²) in [6, 6.07) is 6.39. The molecule has 0 aliphatic carbocycles. The first-order chi connectivity index (χ1) is 7.80. The van der Waals surface area contributed by atoms with E-state index in [0.29, 0.717) is 6.54 Å². The molecule has 0 radical (unpaired) electrons. The van der Waals surface area contributed by atoms with E-state index in [1.54, 1.807) is 11.3 Å². The van der Waals surface area contributed by atoms with Crippen molar-refractivity contribution in [3.63, 3.8) is 0 Å². The minimum absolute atomic E-state index is 0.593. The Bertz CT molecular complexity index is 549. The molecule has 0 saturated heterocycles. The molecule has 0 fully saturated rings. The van der Waals surface area contributed by atoms with Gasteiger partial charge in [-0.2, -0.15) is 0 Å². The summed E-state index contributed by atoms with van der Waals surface area (Å²) in [7, 11) is 0. The minimum Gasteiger partial charge on any atom is -0.326 e. The van der Waals surface area contributed by atoms with Crippen LogP contribution in [0.1, 0.15) is 22.9 Å². The Kier molecular flexibility index (Phi) is 3.22. The molecule has 82 valence electrons. The van der Waals surface area contributed by atoms with E-state index in [-0.39, 0.29) is 0 Å². The first-order valence-corrected chi connectivity index (χ1v) is 6.12. The zero-order valence-electron chi connectivity index (χ0n) is 9.36. The monoisotopic (exact) mass is 229 g/mol. The normalized spacial score (nSPS) is 11.4. The molecule has 0 spiro atoms. The first kappa shape index (κ1) is 11.1. The molecule has 0 aliphatic rings. The largest absolute Gasteiger partial charge is 0.326 e. The predicted octanol–water partition coefficient (Wildman–Crippen LogP) is 4.04. The van der Waals surface area contributed by atoms with Crippen LogP contribution in [0.4, 0.5) is 0 Å². The van der Waals surface area contributed by atoms with Gasteiger partial charge in [0.2, 0.25) is 0 Å². The van der Waals surface area contributed by atoms with E-state index in [1.165, 1.54) is 26.1 Å². The van der Waals surface area contributed by atoms with Crippen molar-refractivity contribution in [1.29, 1.82) is 0 Å². The summed E-state index contributed by atoms with van der Waals surface area (Å²) < 4.78 is 1.28. The van der Waals surface area contributed by atoms with Gasteiger partial charge in [0.25, 0.3) is 0 Å². The molecule has 2 N–H and O–H groups in total. The van der Waals surface area contributed by atoms with Gasteiger partial charge < -0.3 is 5.73 Å². The standard InChI is InChI=1S/C14H15NS/c1-3-5-13-11(4-2)12-7-6-10(9-15)8-14(12)16-13/h3-8H,2,9,15H2,1H3/b5-3-. The average molecular weight is 229 g/mol. The van der Waals surface area contributed by atoms with Crippen LogP contribution in [0.15, 0.2) is 30.9 Å². The number of rotatable bonds is 3. The van der Waals surface area contributed by atoms with E-state index in [9.17, 15) is 0 Å². The fraction of sp³-hybridized carbons (Fsp3) is 0.143. The summed E-state index contributed by atoms with van der Waals surface area (Å²) >= 11 is 1.79. The maximum Gasteiger partial charge on any atom is 0.0358 e. The molecule has 1 aromatic carbocycles. The molecule has 2 heteroatoms. The molecule has 1 heterocycles. The van der Waals surface area contributed by atoms with Gasteiger partial charge in [-0.1, -0.05) is 30.9 Å². The van der Waals surface area contributed by atoms with Crippen LogP contribution in [0, 0.1) is 0 Å². The van der Waals surface area contributed by atoms with Gasteiger partial charge in [0, 0.05) is 21.5 Å². The van der Waals surface area contributed by atoms with Gasteiger partial charge in [-0.05, 0) is 30.2 Å². The molecular formula is C14H15NS. The first-order valence-electron chi connectivity index (χ1n) is 5.30. The van der Waals surface area contributed by atoms with Crippen molar-refractivity contribution < 1.29 is 0 Å². The van der Waals surface area contributed by atoms with Crippen molar-refractivity contribution in [2.45, 2.75) is 13.5 Å². The lowest BCUT2D eigenvalue weighted by molar-refractivity contribution is 1.08. The van der Waals surface area contributed by atoms with Crippen molar-refractivity contribution in [2.24, 2.45) is 5.73 Å². The molecule has 1 nitrogen and oxygen atoms in total. The Morgan fingerprint density at radius 3 is 2.88 bits per heavy atom. The highest BCUT2D eigenvalue weighted by molar-refractivity contribution is 7.20. The summed E-state index contributed by atoms with van der Waals surface area (Å²) in [4.78, 5) is 1.27. The van der Waals surface area contributed by atoms with Gasteiger partial charge in [0.1, 0.15) is 0 Å². The SMILES string of the molecule is C=Cc1c(/C=C\C)sc2cc(CN)ccc12. The quantitative estimate of drug-likeness (QED) is 0.844. The molecule has 2 aromatic rings. The third-order valence-electron chi connectivity index (χ3n) is 2.58. The Hall–Kier alpha value is -1.38. The molecule has 0 aliphatic heterocycles. The van der Waals surface area contributed by atoms with Gasteiger partial charge >= 0.3 is 0 Å². The molecule has 1 aromatic heterocycles. The number of hydrogen-bond acceptors (Lipinski definition) is 2. The average Bonchev–Trinajstić information content (AvgIpc) is 2.65. The fourth-order valence-corrected chi connectivity index (χ4v) is 3.04. The Labute approximate surface area is 99.9 Å². The van der Waals surface area contributed by atoms with E-state index < -0.39 is 0 Å². The van der Waals surface area contributed by atoms with Crippen LogP contribution in [0.25, 0.3) is 22.2 Å². The van der Waals surface area contributed by atoms with Crippen LogP contribution in [0.2, 0.25) is 0 Å². The van der Waals surface area contributed by atoms with Crippen molar-refractivity contribution in [2.75, 3.05) is 0 Å². The van der Waals surface area contributed by atoms with Crippen LogP contribution in [-0.4, -0.2) is 0 Å². The number of hydrogen-bond donors (Lipinski definition) is 1. The van der Waals surface area contributed by atoms with E-state index in [4.69, 9.17) is 5.73 Å².